The molecule has 0 spiro atoms. The van der Waals surface area contributed by atoms with Crippen molar-refractivity contribution in [3.05, 3.63) is 64.1 Å². The molecule has 1 saturated heterocycles. The topological polar surface area (TPSA) is 50.7 Å². The van der Waals surface area contributed by atoms with Crippen molar-refractivity contribution in [3.63, 3.8) is 0 Å². The molecule has 0 saturated carbocycles. The number of nitrogens with zero attached hydrogens (tertiary/aromatic N) is 1. The van der Waals surface area contributed by atoms with Crippen molar-refractivity contribution in [2.45, 2.75) is 13.8 Å². The molecule has 122 valence electrons. The van der Waals surface area contributed by atoms with Crippen molar-refractivity contribution in [2.24, 2.45) is 4.99 Å². The molecule has 1 heterocycles. The van der Waals surface area contributed by atoms with E-state index in [2.05, 4.69) is 17.2 Å². The molecule has 0 radical (unpaired) electrons. The van der Waals surface area contributed by atoms with Crippen molar-refractivity contribution in [3.8, 4) is 5.75 Å². The van der Waals surface area contributed by atoms with Crippen LogP contribution in [0.2, 0.25) is 0 Å². The number of carbonyl (C=O) groups is 1. The number of benzene rings is 2. The number of hydrogen-bond acceptors (Lipinski definition) is 4. The number of aliphatic imine (C=N–C) groups is 1. The Morgan fingerprint density at radius 3 is 2.67 bits per heavy atom. The third-order valence-electron chi connectivity index (χ3n) is 3.80. The van der Waals surface area contributed by atoms with E-state index in [9.17, 15) is 4.79 Å². The van der Waals surface area contributed by atoms with Gasteiger partial charge in [-0.15, -0.1) is 0 Å². The Balaban J connectivity index is 1.86. The Labute approximate surface area is 145 Å². The van der Waals surface area contributed by atoms with E-state index >= 15 is 0 Å². The highest BCUT2D eigenvalue weighted by molar-refractivity contribution is 8.18. The third-order valence-corrected chi connectivity index (χ3v) is 4.71. The standard InChI is InChI=1S/C19H18N2O2S/c1-12-8-9-15(10-13(12)2)20-19-21-18(22)17(24-19)11-14-6-4-5-7-16(14)23-3/h4-11H,1-3H3,(H,20,21,22). The van der Waals surface area contributed by atoms with Gasteiger partial charge in [-0.25, -0.2) is 4.99 Å². The van der Waals surface area contributed by atoms with Crippen LogP contribution in [0.3, 0.4) is 0 Å². The molecule has 0 aliphatic carbocycles. The first-order valence-electron chi connectivity index (χ1n) is 7.56. The van der Waals surface area contributed by atoms with Crippen LogP contribution >= 0.6 is 11.8 Å². The summed E-state index contributed by atoms with van der Waals surface area (Å²) >= 11 is 1.33. The number of aryl methyl sites for hydroxylation is 2. The van der Waals surface area contributed by atoms with Gasteiger partial charge in [0.1, 0.15) is 5.75 Å². The van der Waals surface area contributed by atoms with Gasteiger partial charge in [-0.3, -0.25) is 4.79 Å². The van der Waals surface area contributed by atoms with Crippen molar-refractivity contribution >= 4 is 34.6 Å². The van der Waals surface area contributed by atoms with Crippen LogP contribution in [0.4, 0.5) is 5.69 Å². The van der Waals surface area contributed by atoms with Gasteiger partial charge in [-0.1, -0.05) is 24.3 Å². The zero-order valence-electron chi connectivity index (χ0n) is 13.8. The summed E-state index contributed by atoms with van der Waals surface area (Å²) in [5.74, 6) is 0.589. The lowest BCUT2D eigenvalue weighted by Crippen LogP contribution is -2.19. The lowest BCUT2D eigenvalue weighted by atomic mass is 10.1. The molecule has 0 unspecified atom stereocenters. The Morgan fingerprint density at radius 2 is 1.92 bits per heavy atom. The number of para-hydroxylation sites is 1. The second-order valence-electron chi connectivity index (χ2n) is 5.49. The summed E-state index contributed by atoms with van der Waals surface area (Å²) in [7, 11) is 1.62. The van der Waals surface area contributed by atoms with Crippen LogP contribution in [0.15, 0.2) is 52.4 Å². The molecule has 1 amide bonds. The molecule has 1 N–H and O–H groups in total. The lowest BCUT2D eigenvalue weighted by Gasteiger charge is -2.03. The summed E-state index contributed by atoms with van der Waals surface area (Å²) in [4.78, 5) is 17.3. The minimum atomic E-state index is -0.145. The predicted molar refractivity (Wildman–Crippen MR) is 99.7 cm³/mol. The fraction of sp³-hybridized carbons (Fsp3) is 0.158. The zero-order chi connectivity index (χ0) is 17.1. The normalized spacial score (nSPS) is 17.4. The minimum Gasteiger partial charge on any atom is -0.496 e. The summed E-state index contributed by atoms with van der Waals surface area (Å²) < 4.78 is 5.32. The summed E-state index contributed by atoms with van der Waals surface area (Å²) in [5.41, 5.74) is 4.10. The average Bonchev–Trinajstić information content (AvgIpc) is 2.91. The SMILES string of the molecule is COc1ccccc1C=C1SC(=Nc2ccc(C)c(C)c2)NC1=O. The Morgan fingerprint density at radius 1 is 1.12 bits per heavy atom. The highest BCUT2D eigenvalue weighted by atomic mass is 32.2. The second-order valence-corrected chi connectivity index (χ2v) is 6.52. The molecule has 3 rings (SSSR count). The minimum absolute atomic E-state index is 0.145. The number of amidine groups is 1. The fourth-order valence-electron chi connectivity index (χ4n) is 2.32. The van der Waals surface area contributed by atoms with Crippen molar-refractivity contribution in [1.29, 1.82) is 0 Å². The third kappa shape index (κ3) is 3.51. The van der Waals surface area contributed by atoms with Gasteiger partial charge < -0.3 is 10.1 Å². The maximum absolute atomic E-state index is 12.2. The van der Waals surface area contributed by atoms with Crippen LogP contribution in [0.1, 0.15) is 16.7 Å². The van der Waals surface area contributed by atoms with Crippen molar-refractivity contribution in [1.82, 2.24) is 5.32 Å². The van der Waals surface area contributed by atoms with Gasteiger partial charge in [0.2, 0.25) is 0 Å². The van der Waals surface area contributed by atoms with E-state index in [-0.39, 0.29) is 5.91 Å². The lowest BCUT2D eigenvalue weighted by molar-refractivity contribution is -0.115. The highest BCUT2D eigenvalue weighted by Crippen LogP contribution is 2.30. The number of carbonyl (C=O) groups excluding carboxylic acids is 1. The number of thioether (sulfide) groups is 1. The largest absolute Gasteiger partial charge is 0.496 e. The number of ether oxygens (including phenoxy) is 1. The van der Waals surface area contributed by atoms with E-state index in [4.69, 9.17) is 4.74 Å². The Kier molecular flexibility index (Phi) is 4.71. The van der Waals surface area contributed by atoms with Crippen molar-refractivity contribution < 1.29 is 9.53 Å². The number of amides is 1. The molecule has 1 aliphatic heterocycles. The molecular formula is C19H18N2O2S. The number of nitrogens with one attached hydrogen (secondary N) is 1. The van der Waals surface area contributed by atoms with E-state index in [1.54, 1.807) is 7.11 Å². The van der Waals surface area contributed by atoms with Gasteiger partial charge in [-0.05, 0) is 61.0 Å². The molecule has 0 atom stereocenters. The quantitative estimate of drug-likeness (QED) is 0.853. The predicted octanol–water partition coefficient (Wildman–Crippen LogP) is 4.20. The van der Waals surface area contributed by atoms with Gasteiger partial charge in [0, 0.05) is 5.56 Å². The van der Waals surface area contributed by atoms with Gasteiger partial charge in [0.05, 0.1) is 17.7 Å². The first-order valence-corrected chi connectivity index (χ1v) is 8.38. The smallest absolute Gasteiger partial charge is 0.264 e. The van der Waals surface area contributed by atoms with E-state index in [1.807, 2.05) is 55.5 Å². The van der Waals surface area contributed by atoms with Gasteiger partial charge in [-0.2, -0.15) is 0 Å². The van der Waals surface area contributed by atoms with Crippen LogP contribution in [0.5, 0.6) is 5.75 Å². The number of hydrogen-bond donors (Lipinski definition) is 1. The van der Waals surface area contributed by atoms with E-state index < -0.39 is 0 Å². The molecule has 24 heavy (non-hydrogen) atoms. The van der Waals surface area contributed by atoms with E-state index in [0.29, 0.717) is 10.1 Å². The van der Waals surface area contributed by atoms with Crippen LogP contribution in [-0.4, -0.2) is 18.2 Å². The molecule has 0 bridgehead atoms. The molecule has 1 aliphatic rings. The zero-order valence-corrected chi connectivity index (χ0v) is 14.6. The van der Waals surface area contributed by atoms with E-state index in [1.165, 1.54) is 22.9 Å². The van der Waals surface area contributed by atoms with Crippen LogP contribution < -0.4 is 10.1 Å². The maximum Gasteiger partial charge on any atom is 0.264 e. The first kappa shape index (κ1) is 16.3. The molecule has 5 heteroatoms. The first-order chi connectivity index (χ1) is 11.6. The fourth-order valence-corrected chi connectivity index (χ4v) is 3.15. The molecule has 2 aromatic carbocycles. The molecular weight excluding hydrogens is 320 g/mol. The highest BCUT2D eigenvalue weighted by Gasteiger charge is 2.24. The monoisotopic (exact) mass is 338 g/mol. The van der Waals surface area contributed by atoms with Gasteiger partial charge in [0.15, 0.2) is 5.17 Å². The summed E-state index contributed by atoms with van der Waals surface area (Å²) in [6, 6.07) is 13.6. The van der Waals surface area contributed by atoms with Gasteiger partial charge in [0.25, 0.3) is 5.91 Å². The van der Waals surface area contributed by atoms with Crippen LogP contribution in [0.25, 0.3) is 6.08 Å². The molecule has 2 aromatic rings. The summed E-state index contributed by atoms with van der Waals surface area (Å²) in [6.07, 6.45) is 1.82. The van der Waals surface area contributed by atoms with Crippen LogP contribution in [-0.2, 0) is 4.79 Å². The molecule has 1 fully saturated rings. The maximum atomic E-state index is 12.2. The second kappa shape index (κ2) is 6.93. The van der Waals surface area contributed by atoms with Gasteiger partial charge >= 0.3 is 0 Å². The van der Waals surface area contributed by atoms with Crippen molar-refractivity contribution in [2.75, 3.05) is 7.11 Å². The summed E-state index contributed by atoms with van der Waals surface area (Å²) in [5, 5.41) is 3.40. The number of methoxy groups -OCH3 is 1. The Hall–Kier alpha value is -2.53. The van der Waals surface area contributed by atoms with Crippen LogP contribution in [0, 0.1) is 13.8 Å². The number of rotatable bonds is 3. The Bertz CT molecular complexity index is 856. The summed E-state index contributed by atoms with van der Waals surface area (Å²) in [6.45, 7) is 4.11. The molecule has 4 nitrogen and oxygen atoms in total. The average molecular weight is 338 g/mol. The molecule has 0 aromatic heterocycles. The van der Waals surface area contributed by atoms with E-state index in [0.717, 1.165) is 17.0 Å².